The number of carbonyl (C=O) groups is 2. The molecule has 0 fully saturated rings. The second-order valence-electron chi connectivity index (χ2n) is 6.85. The van der Waals surface area contributed by atoms with Crippen LogP contribution in [-0.2, 0) is 22.6 Å². The fourth-order valence-corrected chi connectivity index (χ4v) is 3.35. The van der Waals surface area contributed by atoms with E-state index in [1.54, 1.807) is 13.0 Å². The van der Waals surface area contributed by atoms with Crippen LogP contribution in [0.15, 0.2) is 46.9 Å². The van der Waals surface area contributed by atoms with Gasteiger partial charge >= 0.3 is 0 Å². The fourth-order valence-electron chi connectivity index (χ4n) is 2.86. The zero-order chi connectivity index (χ0) is 21.4. The molecule has 0 heterocycles. The minimum Gasteiger partial charge on any atom is -0.354 e. The highest BCUT2D eigenvalue weighted by Crippen LogP contribution is 2.22. The van der Waals surface area contributed by atoms with Crippen molar-refractivity contribution in [2.45, 2.75) is 45.7 Å². The summed E-state index contributed by atoms with van der Waals surface area (Å²) in [7, 11) is 0. The van der Waals surface area contributed by atoms with Gasteiger partial charge in [0, 0.05) is 28.1 Å². The molecule has 0 aromatic heterocycles. The van der Waals surface area contributed by atoms with E-state index in [0.717, 1.165) is 22.9 Å². The normalized spacial score (nSPS) is 11.8. The molecule has 2 rings (SSSR count). The standard InChI is InChI=1S/C22H25BrClFN2O2/c1-3-4-12-26-22(29)15(2)27(14-16-8-10-17(23)11-9-16)21(28)13-18-19(24)6-5-7-20(18)25/h5-11,15H,3-4,12-14H2,1-2H3,(H,26,29)/t15-/m0/s1. The number of unbranched alkanes of at least 4 members (excludes halogenated alkanes) is 1. The Labute approximate surface area is 184 Å². The molecular formula is C22H25BrClFN2O2. The van der Waals surface area contributed by atoms with Gasteiger partial charge in [-0.25, -0.2) is 4.39 Å². The van der Waals surface area contributed by atoms with Gasteiger partial charge < -0.3 is 10.2 Å². The molecule has 0 bridgehead atoms. The molecule has 0 saturated heterocycles. The third-order valence-corrected chi connectivity index (χ3v) is 5.54. The van der Waals surface area contributed by atoms with E-state index in [1.165, 1.54) is 17.0 Å². The second-order valence-corrected chi connectivity index (χ2v) is 8.17. The maximum atomic E-state index is 14.2. The van der Waals surface area contributed by atoms with Crippen LogP contribution in [0.2, 0.25) is 5.02 Å². The number of amides is 2. The average Bonchev–Trinajstić information content (AvgIpc) is 2.70. The second kappa shape index (κ2) is 11.3. The molecule has 1 N–H and O–H groups in total. The monoisotopic (exact) mass is 482 g/mol. The Morgan fingerprint density at radius 1 is 1.21 bits per heavy atom. The highest BCUT2D eigenvalue weighted by molar-refractivity contribution is 9.10. The summed E-state index contributed by atoms with van der Waals surface area (Å²) in [5, 5.41) is 3.06. The largest absolute Gasteiger partial charge is 0.354 e. The van der Waals surface area contributed by atoms with Crippen LogP contribution >= 0.6 is 27.5 Å². The molecule has 1 atom stereocenters. The van der Waals surface area contributed by atoms with Crippen molar-refractivity contribution >= 4 is 39.3 Å². The first-order valence-corrected chi connectivity index (χ1v) is 10.7. The van der Waals surface area contributed by atoms with Crippen molar-refractivity contribution in [3.63, 3.8) is 0 Å². The van der Waals surface area contributed by atoms with Crippen LogP contribution < -0.4 is 5.32 Å². The summed E-state index contributed by atoms with van der Waals surface area (Å²) in [5.41, 5.74) is 1.01. The van der Waals surface area contributed by atoms with Crippen LogP contribution in [0.25, 0.3) is 0 Å². The molecular weight excluding hydrogens is 459 g/mol. The molecule has 0 saturated carbocycles. The van der Waals surface area contributed by atoms with Crippen LogP contribution in [0.3, 0.4) is 0 Å². The summed E-state index contributed by atoms with van der Waals surface area (Å²) in [6.07, 6.45) is 1.61. The van der Waals surface area contributed by atoms with Gasteiger partial charge in [0.25, 0.3) is 0 Å². The minimum atomic E-state index is -0.700. The molecule has 7 heteroatoms. The number of halogens is 3. The molecule has 29 heavy (non-hydrogen) atoms. The van der Waals surface area contributed by atoms with E-state index in [1.807, 2.05) is 31.2 Å². The topological polar surface area (TPSA) is 49.4 Å². The first-order chi connectivity index (χ1) is 13.8. The van der Waals surface area contributed by atoms with Gasteiger partial charge in [0.2, 0.25) is 11.8 Å². The quantitative estimate of drug-likeness (QED) is 0.503. The number of benzene rings is 2. The van der Waals surface area contributed by atoms with Gasteiger partial charge in [0.1, 0.15) is 11.9 Å². The first kappa shape index (κ1) is 23.4. The van der Waals surface area contributed by atoms with E-state index < -0.39 is 11.9 Å². The third-order valence-electron chi connectivity index (χ3n) is 4.65. The Bertz CT molecular complexity index is 825. The summed E-state index contributed by atoms with van der Waals surface area (Å²) < 4.78 is 15.1. The predicted molar refractivity (Wildman–Crippen MR) is 117 cm³/mol. The van der Waals surface area contributed by atoms with Crippen LogP contribution in [0.4, 0.5) is 4.39 Å². The molecule has 0 aliphatic rings. The van der Waals surface area contributed by atoms with Crippen molar-refractivity contribution in [2.75, 3.05) is 6.54 Å². The van der Waals surface area contributed by atoms with E-state index in [4.69, 9.17) is 11.6 Å². The van der Waals surface area contributed by atoms with Gasteiger partial charge in [-0.1, -0.05) is 59.1 Å². The summed E-state index contributed by atoms with van der Waals surface area (Å²) >= 11 is 9.47. The molecule has 2 aromatic carbocycles. The van der Waals surface area contributed by atoms with Crippen molar-refractivity contribution in [1.82, 2.24) is 10.2 Å². The zero-order valence-electron chi connectivity index (χ0n) is 16.6. The molecule has 2 aromatic rings. The molecule has 0 aliphatic heterocycles. The van der Waals surface area contributed by atoms with Crippen molar-refractivity contribution in [3.05, 3.63) is 68.9 Å². The van der Waals surface area contributed by atoms with Crippen LogP contribution in [0.5, 0.6) is 0 Å². The smallest absolute Gasteiger partial charge is 0.242 e. The van der Waals surface area contributed by atoms with E-state index in [2.05, 4.69) is 21.2 Å². The summed E-state index contributed by atoms with van der Waals surface area (Å²) in [5.74, 6) is -1.13. The Kier molecular flexibility index (Phi) is 9.11. The Hall–Kier alpha value is -1.92. The van der Waals surface area contributed by atoms with Crippen LogP contribution in [-0.4, -0.2) is 29.3 Å². The van der Waals surface area contributed by atoms with E-state index >= 15 is 0 Å². The number of nitrogens with zero attached hydrogens (tertiary/aromatic N) is 1. The lowest BCUT2D eigenvalue weighted by molar-refractivity contribution is -0.140. The number of rotatable bonds is 9. The Morgan fingerprint density at radius 3 is 2.52 bits per heavy atom. The SMILES string of the molecule is CCCCNC(=O)[C@H](C)N(Cc1ccc(Br)cc1)C(=O)Cc1c(F)cccc1Cl. The number of hydrogen-bond donors (Lipinski definition) is 1. The maximum absolute atomic E-state index is 14.2. The van der Waals surface area contributed by atoms with Gasteiger partial charge in [-0.05, 0) is 43.2 Å². The van der Waals surface area contributed by atoms with Crippen molar-refractivity contribution in [1.29, 1.82) is 0 Å². The average molecular weight is 484 g/mol. The molecule has 0 unspecified atom stereocenters. The Morgan fingerprint density at radius 2 is 1.90 bits per heavy atom. The molecule has 0 spiro atoms. The Balaban J connectivity index is 2.23. The lowest BCUT2D eigenvalue weighted by Crippen LogP contribution is -2.48. The highest BCUT2D eigenvalue weighted by Gasteiger charge is 2.27. The molecule has 2 amide bonds. The minimum absolute atomic E-state index is 0.138. The summed E-state index contributed by atoms with van der Waals surface area (Å²) in [4.78, 5) is 27.1. The van der Waals surface area contributed by atoms with Gasteiger partial charge in [0.05, 0.1) is 6.42 Å². The van der Waals surface area contributed by atoms with Crippen LogP contribution in [0, 0.1) is 5.82 Å². The van der Waals surface area contributed by atoms with Gasteiger partial charge in [-0.2, -0.15) is 0 Å². The first-order valence-electron chi connectivity index (χ1n) is 9.58. The molecule has 156 valence electrons. The van der Waals surface area contributed by atoms with Gasteiger partial charge in [0.15, 0.2) is 0 Å². The third kappa shape index (κ3) is 6.82. The maximum Gasteiger partial charge on any atom is 0.242 e. The molecule has 0 radical (unpaired) electrons. The van der Waals surface area contributed by atoms with E-state index in [9.17, 15) is 14.0 Å². The highest BCUT2D eigenvalue weighted by atomic mass is 79.9. The number of hydrogen-bond acceptors (Lipinski definition) is 2. The van der Waals surface area contributed by atoms with Crippen LogP contribution in [0.1, 0.15) is 37.8 Å². The van der Waals surface area contributed by atoms with E-state index in [0.29, 0.717) is 6.54 Å². The zero-order valence-corrected chi connectivity index (χ0v) is 18.9. The lowest BCUT2D eigenvalue weighted by atomic mass is 10.1. The summed E-state index contributed by atoms with van der Waals surface area (Å²) in [6, 6.07) is 11.1. The number of carbonyl (C=O) groups excluding carboxylic acids is 2. The van der Waals surface area contributed by atoms with Gasteiger partial charge in [-0.3, -0.25) is 9.59 Å². The predicted octanol–water partition coefficient (Wildman–Crippen LogP) is 5.12. The number of nitrogens with one attached hydrogen (secondary N) is 1. The fraction of sp³-hybridized carbons (Fsp3) is 0.364. The van der Waals surface area contributed by atoms with Crippen molar-refractivity contribution < 1.29 is 14.0 Å². The van der Waals surface area contributed by atoms with Crippen molar-refractivity contribution in [3.8, 4) is 0 Å². The molecule has 4 nitrogen and oxygen atoms in total. The van der Waals surface area contributed by atoms with Crippen molar-refractivity contribution in [2.24, 2.45) is 0 Å². The summed E-state index contributed by atoms with van der Waals surface area (Å²) in [6.45, 7) is 4.51. The van der Waals surface area contributed by atoms with E-state index in [-0.39, 0.29) is 35.4 Å². The lowest BCUT2D eigenvalue weighted by Gasteiger charge is -2.29. The van der Waals surface area contributed by atoms with Gasteiger partial charge in [-0.15, -0.1) is 0 Å². The molecule has 0 aliphatic carbocycles.